The molecule has 0 fully saturated rings. The van der Waals surface area contributed by atoms with Crippen LogP contribution in [0.5, 0.6) is 0 Å². The summed E-state index contributed by atoms with van der Waals surface area (Å²) in [6.07, 6.45) is -1.69. The Morgan fingerprint density at radius 1 is 1.25 bits per heavy atom. The first-order valence-electron chi connectivity index (χ1n) is 9.19. The molecule has 1 N–H and O–H groups in total. The monoisotopic (exact) mass is 463 g/mol. The van der Waals surface area contributed by atoms with Gasteiger partial charge >= 0.3 is 5.97 Å². The normalized spacial score (nSPS) is 13.5. The molecule has 1 atom stereocenters. The molecule has 3 rings (SSSR count). The number of esters is 1. The molecule has 0 saturated carbocycles. The van der Waals surface area contributed by atoms with Crippen LogP contribution in [0.25, 0.3) is 0 Å². The number of carbonyl (C=O) groups is 4. The van der Waals surface area contributed by atoms with E-state index in [0.29, 0.717) is 4.90 Å². The lowest BCUT2D eigenvalue weighted by Crippen LogP contribution is -2.34. The maximum atomic E-state index is 13.1. The van der Waals surface area contributed by atoms with E-state index in [4.69, 9.17) is 16.3 Å². The number of ether oxygens (including phenoxy) is 1. The van der Waals surface area contributed by atoms with E-state index >= 15 is 0 Å². The molecule has 0 radical (unpaired) electrons. The van der Waals surface area contributed by atoms with Crippen LogP contribution in [0.1, 0.15) is 34.1 Å². The molecule has 2 aromatic carbocycles. The van der Waals surface area contributed by atoms with Crippen molar-refractivity contribution in [2.24, 2.45) is 0 Å². The molecule has 0 bridgehead atoms. The van der Waals surface area contributed by atoms with Gasteiger partial charge in [-0.2, -0.15) is 0 Å². The van der Waals surface area contributed by atoms with Crippen molar-refractivity contribution in [2.45, 2.75) is 19.4 Å². The molecule has 32 heavy (non-hydrogen) atoms. The third kappa shape index (κ3) is 4.57. The Balaban J connectivity index is 1.58. The summed E-state index contributed by atoms with van der Waals surface area (Å²) < 4.78 is 18.1. The highest BCUT2D eigenvalue weighted by molar-refractivity contribution is 6.33. The molecular formula is C20H15ClFN3O7. The maximum absolute atomic E-state index is 13.1. The average molecular weight is 464 g/mol. The molecule has 0 aliphatic carbocycles. The van der Waals surface area contributed by atoms with E-state index < -0.39 is 52.6 Å². The zero-order valence-corrected chi connectivity index (χ0v) is 17.2. The van der Waals surface area contributed by atoms with Gasteiger partial charge in [0.05, 0.1) is 27.6 Å². The number of carbonyl (C=O) groups excluding carboxylic acids is 4. The molecule has 3 amide bonds. The number of imide groups is 1. The molecule has 1 aliphatic rings. The number of nitro benzene ring substituents is 1. The summed E-state index contributed by atoms with van der Waals surface area (Å²) in [4.78, 5) is 60.2. The number of halogens is 2. The van der Waals surface area contributed by atoms with E-state index in [2.05, 4.69) is 5.32 Å². The minimum Gasteiger partial charge on any atom is -0.452 e. The Morgan fingerprint density at radius 3 is 2.62 bits per heavy atom. The lowest BCUT2D eigenvalue weighted by Gasteiger charge is -2.16. The zero-order chi connectivity index (χ0) is 23.6. The van der Waals surface area contributed by atoms with Crippen LogP contribution < -0.4 is 5.32 Å². The number of hydrogen-bond acceptors (Lipinski definition) is 7. The smallest absolute Gasteiger partial charge is 0.308 e. The van der Waals surface area contributed by atoms with Crippen molar-refractivity contribution < 1.29 is 33.2 Å². The van der Waals surface area contributed by atoms with E-state index in [1.807, 2.05) is 0 Å². The number of benzene rings is 2. The topological polar surface area (TPSA) is 136 Å². The summed E-state index contributed by atoms with van der Waals surface area (Å²) in [7, 11) is 0. The van der Waals surface area contributed by atoms with Crippen LogP contribution in [0.4, 0.5) is 15.8 Å². The molecule has 0 saturated heterocycles. The first-order chi connectivity index (χ1) is 15.1. The fourth-order valence-electron chi connectivity index (χ4n) is 3.01. The van der Waals surface area contributed by atoms with E-state index in [1.165, 1.54) is 25.1 Å². The molecule has 0 spiro atoms. The van der Waals surface area contributed by atoms with Gasteiger partial charge in [0, 0.05) is 12.6 Å². The van der Waals surface area contributed by atoms with Crippen molar-refractivity contribution >= 4 is 46.7 Å². The Labute approximate surface area is 185 Å². The maximum Gasteiger partial charge on any atom is 0.308 e. The number of nitrogens with one attached hydrogen (secondary N) is 1. The standard InChI is InChI=1S/C20H15ClFN3O7/c1-10(18(27)23-14-6-5-11(22)9-13(14)21)32-16(26)7-8-24-19(28)12-3-2-4-15(25(30)31)17(12)20(24)29/h2-6,9-10H,7-8H2,1H3,(H,23,27)/t10-/m0/s1. The first-order valence-corrected chi connectivity index (χ1v) is 9.57. The summed E-state index contributed by atoms with van der Waals surface area (Å²) in [5.74, 6) is -3.86. The molecule has 1 heterocycles. The van der Waals surface area contributed by atoms with Gasteiger partial charge in [0.2, 0.25) is 0 Å². The first kappa shape index (κ1) is 22.8. The number of amides is 3. The minimum absolute atomic E-state index is 0.0448. The molecule has 1 aliphatic heterocycles. The Hall–Kier alpha value is -3.86. The van der Waals surface area contributed by atoms with Gasteiger partial charge < -0.3 is 10.1 Å². The van der Waals surface area contributed by atoms with Crippen molar-refractivity contribution in [3.8, 4) is 0 Å². The second-order valence-corrected chi connectivity index (χ2v) is 7.12. The summed E-state index contributed by atoms with van der Waals surface area (Å²) in [5, 5.41) is 13.5. The van der Waals surface area contributed by atoms with Gasteiger partial charge in [-0.3, -0.25) is 34.2 Å². The fraction of sp³-hybridized carbons (Fsp3) is 0.200. The van der Waals surface area contributed by atoms with E-state index in [1.54, 1.807) is 0 Å². The number of anilines is 1. The molecule has 0 unspecified atom stereocenters. The highest BCUT2D eigenvalue weighted by Gasteiger charge is 2.40. The van der Waals surface area contributed by atoms with Crippen LogP contribution in [0, 0.1) is 15.9 Å². The number of nitrogens with zero attached hydrogens (tertiary/aromatic N) is 2. The van der Waals surface area contributed by atoms with Gasteiger partial charge in [-0.25, -0.2) is 4.39 Å². The third-order valence-electron chi connectivity index (χ3n) is 4.58. The van der Waals surface area contributed by atoms with Crippen LogP contribution in [-0.4, -0.2) is 46.2 Å². The fourth-order valence-corrected chi connectivity index (χ4v) is 3.22. The molecule has 10 nitrogen and oxygen atoms in total. The zero-order valence-electron chi connectivity index (χ0n) is 16.5. The largest absolute Gasteiger partial charge is 0.452 e. The van der Waals surface area contributed by atoms with Crippen molar-refractivity contribution in [3.63, 3.8) is 0 Å². The van der Waals surface area contributed by atoms with E-state index in [9.17, 15) is 33.7 Å². The predicted molar refractivity (Wildman–Crippen MR) is 109 cm³/mol. The molecule has 166 valence electrons. The van der Waals surface area contributed by atoms with Gasteiger partial charge in [0.25, 0.3) is 23.4 Å². The van der Waals surface area contributed by atoms with Gasteiger partial charge in [0.15, 0.2) is 6.10 Å². The number of fused-ring (bicyclic) bond motifs is 1. The highest BCUT2D eigenvalue weighted by atomic mass is 35.5. The third-order valence-corrected chi connectivity index (χ3v) is 4.89. The second-order valence-electron chi connectivity index (χ2n) is 6.71. The van der Waals surface area contributed by atoms with E-state index in [-0.39, 0.29) is 28.4 Å². The van der Waals surface area contributed by atoms with Gasteiger partial charge in [-0.1, -0.05) is 17.7 Å². The molecular weight excluding hydrogens is 449 g/mol. The number of nitro groups is 1. The lowest BCUT2D eigenvalue weighted by molar-refractivity contribution is -0.385. The SMILES string of the molecule is C[C@H](OC(=O)CCN1C(=O)c2cccc([N+](=O)[O-])c2C1=O)C(=O)Nc1ccc(F)cc1Cl. The highest BCUT2D eigenvalue weighted by Crippen LogP contribution is 2.30. The van der Waals surface area contributed by atoms with Gasteiger partial charge in [-0.05, 0) is 31.2 Å². The van der Waals surface area contributed by atoms with Crippen molar-refractivity contribution in [3.05, 3.63) is 68.5 Å². The quantitative estimate of drug-likeness (QED) is 0.288. The van der Waals surface area contributed by atoms with Crippen LogP contribution in [0.3, 0.4) is 0 Å². The Kier molecular flexibility index (Phi) is 6.49. The molecule has 2 aromatic rings. The predicted octanol–water partition coefficient (Wildman–Crippen LogP) is 2.94. The average Bonchev–Trinajstić information content (AvgIpc) is 2.98. The van der Waals surface area contributed by atoms with Crippen LogP contribution >= 0.6 is 11.6 Å². The minimum atomic E-state index is -1.26. The summed E-state index contributed by atoms with van der Waals surface area (Å²) in [6.45, 7) is 0.899. The Bertz CT molecular complexity index is 1150. The molecule has 12 heteroatoms. The summed E-state index contributed by atoms with van der Waals surface area (Å²) in [6, 6.07) is 7.01. The second kappa shape index (κ2) is 9.10. The lowest BCUT2D eigenvalue weighted by atomic mass is 10.1. The van der Waals surface area contributed by atoms with E-state index in [0.717, 1.165) is 18.2 Å². The number of rotatable bonds is 7. The number of hydrogen-bond donors (Lipinski definition) is 1. The molecule has 0 aromatic heterocycles. The van der Waals surface area contributed by atoms with Crippen LogP contribution in [0.15, 0.2) is 36.4 Å². The van der Waals surface area contributed by atoms with Crippen molar-refractivity contribution in [2.75, 3.05) is 11.9 Å². The van der Waals surface area contributed by atoms with Crippen LogP contribution in [-0.2, 0) is 14.3 Å². The Morgan fingerprint density at radius 2 is 1.97 bits per heavy atom. The van der Waals surface area contributed by atoms with Gasteiger partial charge in [-0.15, -0.1) is 0 Å². The van der Waals surface area contributed by atoms with Gasteiger partial charge in [0.1, 0.15) is 11.4 Å². The van der Waals surface area contributed by atoms with Crippen molar-refractivity contribution in [1.82, 2.24) is 4.90 Å². The summed E-state index contributed by atoms with van der Waals surface area (Å²) >= 11 is 5.83. The summed E-state index contributed by atoms with van der Waals surface area (Å²) in [5.41, 5.74) is -0.842. The van der Waals surface area contributed by atoms with Crippen LogP contribution in [0.2, 0.25) is 5.02 Å². The van der Waals surface area contributed by atoms with Crippen molar-refractivity contribution in [1.29, 1.82) is 0 Å².